The molecule has 5 heteroatoms. The topological polar surface area (TPSA) is 50.3 Å². The van der Waals surface area contributed by atoms with E-state index in [-0.39, 0.29) is 0 Å². The normalized spacial score (nSPS) is 15.3. The third-order valence-corrected chi connectivity index (χ3v) is 2.84. The summed E-state index contributed by atoms with van der Waals surface area (Å²) in [6, 6.07) is 1.97. The van der Waals surface area contributed by atoms with Crippen LogP contribution < -0.4 is 10.2 Å². The standard InChI is InChI=1S/C12H20N4O/c1-10-9-11(13-5-8-17-2)15-12(14-10)16-6-3-4-7-16/h9H,3-8H2,1-2H3,(H,13,14,15). The van der Waals surface area contributed by atoms with Gasteiger partial charge in [-0.15, -0.1) is 0 Å². The summed E-state index contributed by atoms with van der Waals surface area (Å²) in [5.41, 5.74) is 1.00. The highest BCUT2D eigenvalue weighted by atomic mass is 16.5. The predicted molar refractivity (Wildman–Crippen MR) is 68.6 cm³/mol. The largest absolute Gasteiger partial charge is 0.383 e. The van der Waals surface area contributed by atoms with Gasteiger partial charge in [0.25, 0.3) is 0 Å². The third kappa shape index (κ3) is 3.30. The van der Waals surface area contributed by atoms with E-state index in [1.165, 1.54) is 12.8 Å². The first-order chi connectivity index (χ1) is 8.29. The molecule has 0 atom stereocenters. The first kappa shape index (κ1) is 12.1. The van der Waals surface area contributed by atoms with Crippen LogP contribution in [0.4, 0.5) is 11.8 Å². The summed E-state index contributed by atoms with van der Waals surface area (Å²) >= 11 is 0. The molecule has 0 unspecified atom stereocenters. The number of anilines is 2. The fraction of sp³-hybridized carbons (Fsp3) is 0.667. The Balaban J connectivity index is 2.05. The summed E-state index contributed by atoms with van der Waals surface area (Å²) in [4.78, 5) is 11.3. The summed E-state index contributed by atoms with van der Waals surface area (Å²) in [6.07, 6.45) is 2.48. The molecule has 0 aromatic carbocycles. The molecule has 17 heavy (non-hydrogen) atoms. The number of ether oxygens (including phenoxy) is 1. The molecule has 0 aliphatic carbocycles. The van der Waals surface area contributed by atoms with E-state index >= 15 is 0 Å². The van der Waals surface area contributed by atoms with Crippen LogP contribution in [-0.2, 0) is 4.74 Å². The van der Waals surface area contributed by atoms with Crippen molar-refractivity contribution in [3.05, 3.63) is 11.8 Å². The molecular formula is C12H20N4O. The number of aryl methyl sites for hydroxylation is 1. The summed E-state index contributed by atoms with van der Waals surface area (Å²) in [7, 11) is 1.70. The van der Waals surface area contributed by atoms with Crippen LogP contribution in [0, 0.1) is 6.92 Å². The van der Waals surface area contributed by atoms with E-state index in [9.17, 15) is 0 Å². The lowest BCUT2D eigenvalue weighted by molar-refractivity contribution is 0.210. The molecule has 1 fully saturated rings. The highest BCUT2D eigenvalue weighted by Crippen LogP contribution is 2.18. The van der Waals surface area contributed by atoms with Crippen LogP contribution >= 0.6 is 0 Å². The quantitative estimate of drug-likeness (QED) is 0.784. The Morgan fingerprint density at radius 1 is 1.35 bits per heavy atom. The van der Waals surface area contributed by atoms with E-state index < -0.39 is 0 Å². The lowest BCUT2D eigenvalue weighted by Gasteiger charge is -2.16. The molecule has 1 N–H and O–H groups in total. The maximum atomic E-state index is 5.01. The number of hydrogen-bond donors (Lipinski definition) is 1. The van der Waals surface area contributed by atoms with Crippen molar-refractivity contribution in [1.29, 1.82) is 0 Å². The van der Waals surface area contributed by atoms with Gasteiger partial charge in [0, 0.05) is 38.5 Å². The predicted octanol–water partition coefficient (Wildman–Crippen LogP) is 1.44. The summed E-state index contributed by atoms with van der Waals surface area (Å²) in [5.74, 6) is 1.74. The number of methoxy groups -OCH3 is 1. The van der Waals surface area contributed by atoms with E-state index in [0.29, 0.717) is 6.61 Å². The SMILES string of the molecule is COCCNc1cc(C)nc(N2CCCC2)n1. The van der Waals surface area contributed by atoms with Crippen LogP contribution in [0.25, 0.3) is 0 Å². The van der Waals surface area contributed by atoms with Crippen LogP contribution in [-0.4, -0.2) is 43.3 Å². The molecule has 1 aromatic heterocycles. The summed E-state index contributed by atoms with van der Waals surface area (Å²) < 4.78 is 5.01. The average Bonchev–Trinajstić information content (AvgIpc) is 2.82. The van der Waals surface area contributed by atoms with E-state index in [0.717, 1.165) is 37.1 Å². The van der Waals surface area contributed by atoms with Crippen molar-refractivity contribution in [3.63, 3.8) is 0 Å². The molecular weight excluding hydrogens is 216 g/mol. The van der Waals surface area contributed by atoms with Gasteiger partial charge in [0.2, 0.25) is 5.95 Å². The number of rotatable bonds is 5. The molecule has 1 saturated heterocycles. The van der Waals surface area contributed by atoms with Crippen LogP contribution in [0.1, 0.15) is 18.5 Å². The molecule has 0 spiro atoms. The van der Waals surface area contributed by atoms with Gasteiger partial charge in [0.1, 0.15) is 5.82 Å². The Kier molecular flexibility index (Phi) is 4.14. The van der Waals surface area contributed by atoms with Crippen molar-refractivity contribution in [3.8, 4) is 0 Å². The van der Waals surface area contributed by atoms with E-state index in [2.05, 4.69) is 20.2 Å². The van der Waals surface area contributed by atoms with E-state index in [1.807, 2.05) is 13.0 Å². The number of hydrogen-bond acceptors (Lipinski definition) is 5. The van der Waals surface area contributed by atoms with Crippen LogP contribution in [0.5, 0.6) is 0 Å². The molecule has 1 aromatic rings. The number of nitrogens with one attached hydrogen (secondary N) is 1. The second kappa shape index (κ2) is 5.82. The highest BCUT2D eigenvalue weighted by Gasteiger charge is 2.15. The second-order valence-electron chi connectivity index (χ2n) is 4.31. The van der Waals surface area contributed by atoms with Gasteiger partial charge in [-0.3, -0.25) is 0 Å². The van der Waals surface area contributed by atoms with Gasteiger partial charge in [0.15, 0.2) is 0 Å². The highest BCUT2D eigenvalue weighted by molar-refractivity contribution is 5.44. The zero-order chi connectivity index (χ0) is 12.1. The van der Waals surface area contributed by atoms with Crippen LogP contribution in [0.2, 0.25) is 0 Å². The summed E-state index contributed by atoms with van der Waals surface area (Å²) in [6.45, 7) is 5.60. The fourth-order valence-corrected chi connectivity index (χ4v) is 1.98. The molecule has 2 heterocycles. The minimum absolute atomic E-state index is 0.683. The van der Waals surface area contributed by atoms with Crippen molar-refractivity contribution in [2.75, 3.05) is 43.6 Å². The maximum Gasteiger partial charge on any atom is 0.227 e. The van der Waals surface area contributed by atoms with Gasteiger partial charge in [-0.05, 0) is 19.8 Å². The smallest absolute Gasteiger partial charge is 0.227 e. The molecule has 1 aliphatic rings. The molecule has 0 radical (unpaired) electrons. The van der Waals surface area contributed by atoms with Gasteiger partial charge >= 0.3 is 0 Å². The molecule has 0 bridgehead atoms. The zero-order valence-corrected chi connectivity index (χ0v) is 10.6. The Morgan fingerprint density at radius 2 is 2.12 bits per heavy atom. The fourth-order valence-electron chi connectivity index (χ4n) is 1.98. The van der Waals surface area contributed by atoms with Gasteiger partial charge in [-0.1, -0.05) is 0 Å². The lowest BCUT2D eigenvalue weighted by Crippen LogP contribution is -2.21. The van der Waals surface area contributed by atoms with Crippen molar-refractivity contribution in [2.24, 2.45) is 0 Å². The number of nitrogens with zero attached hydrogens (tertiary/aromatic N) is 3. The van der Waals surface area contributed by atoms with Gasteiger partial charge in [-0.25, -0.2) is 4.98 Å². The monoisotopic (exact) mass is 236 g/mol. The van der Waals surface area contributed by atoms with Gasteiger partial charge in [-0.2, -0.15) is 4.98 Å². The van der Waals surface area contributed by atoms with Crippen molar-refractivity contribution in [2.45, 2.75) is 19.8 Å². The van der Waals surface area contributed by atoms with Gasteiger partial charge in [0.05, 0.1) is 6.61 Å². The Bertz CT molecular complexity index is 364. The zero-order valence-electron chi connectivity index (χ0n) is 10.6. The molecule has 2 rings (SSSR count). The minimum atomic E-state index is 0.683. The lowest BCUT2D eigenvalue weighted by atomic mass is 10.4. The van der Waals surface area contributed by atoms with Crippen molar-refractivity contribution < 1.29 is 4.74 Å². The Labute approximate surface area is 102 Å². The first-order valence-electron chi connectivity index (χ1n) is 6.13. The molecule has 0 saturated carbocycles. The minimum Gasteiger partial charge on any atom is -0.383 e. The second-order valence-corrected chi connectivity index (χ2v) is 4.31. The first-order valence-corrected chi connectivity index (χ1v) is 6.13. The molecule has 5 nitrogen and oxygen atoms in total. The maximum absolute atomic E-state index is 5.01. The van der Waals surface area contributed by atoms with Gasteiger partial charge < -0.3 is 15.0 Å². The third-order valence-electron chi connectivity index (χ3n) is 2.84. The average molecular weight is 236 g/mol. The van der Waals surface area contributed by atoms with Crippen molar-refractivity contribution >= 4 is 11.8 Å². The van der Waals surface area contributed by atoms with Crippen LogP contribution in [0.3, 0.4) is 0 Å². The van der Waals surface area contributed by atoms with E-state index in [1.54, 1.807) is 7.11 Å². The molecule has 0 amide bonds. The Hall–Kier alpha value is -1.36. The Morgan fingerprint density at radius 3 is 2.82 bits per heavy atom. The van der Waals surface area contributed by atoms with Crippen LogP contribution in [0.15, 0.2) is 6.07 Å². The van der Waals surface area contributed by atoms with Crippen molar-refractivity contribution in [1.82, 2.24) is 9.97 Å². The summed E-state index contributed by atoms with van der Waals surface area (Å²) in [5, 5.41) is 3.25. The molecule has 1 aliphatic heterocycles. The number of aromatic nitrogens is 2. The molecule has 94 valence electrons. The van der Waals surface area contributed by atoms with E-state index in [4.69, 9.17) is 4.74 Å².